The molecule has 4 aromatic rings. The molecule has 0 radical (unpaired) electrons. The third kappa shape index (κ3) is 7.32. The SMILES string of the molecule is O=C(Oc1ccc(N=Nc2ccccc2)cc1)[C@@H]1CCCC[C@H]1C(=O)Oc1ccc(N=Nc2ccccc2)cc1. The number of rotatable bonds is 8. The Kier molecular flexibility index (Phi) is 8.78. The molecule has 40 heavy (non-hydrogen) atoms. The zero-order valence-electron chi connectivity index (χ0n) is 21.8. The van der Waals surface area contributed by atoms with E-state index in [0.717, 1.165) is 24.2 Å². The first kappa shape index (κ1) is 26.6. The quantitative estimate of drug-likeness (QED) is 0.128. The smallest absolute Gasteiger partial charge is 0.315 e. The zero-order chi connectivity index (χ0) is 27.6. The molecule has 8 nitrogen and oxygen atoms in total. The fraction of sp³-hybridized carbons (Fsp3) is 0.188. The number of carbonyl (C=O) groups excluding carboxylic acids is 2. The Labute approximate surface area is 232 Å². The van der Waals surface area contributed by atoms with Crippen LogP contribution in [0.5, 0.6) is 11.5 Å². The van der Waals surface area contributed by atoms with Crippen molar-refractivity contribution in [2.75, 3.05) is 0 Å². The van der Waals surface area contributed by atoms with Crippen LogP contribution in [-0.2, 0) is 9.59 Å². The predicted octanol–water partition coefficient (Wildman–Crippen LogP) is 8.83. The van der Waals surface area contributed by atoms with Crippen molar-refractivity contribution in [1.29, 1.82) is 0 Å². The summed E-state index contributed by atoms with van der Waals surface area (Å²) in [5, 5.41) is 16.8. The van der Waals surface area contributed by atoms with Gasteiger partial charge in [-0.15, -0.1) is 0 Å². The van der Waals surface area contributed by atoms with Gasteiger partial charge in [0.15, 0.2) is 0 Å². The lowest BCUT2D eigenvalue weighted by molar-refractivity contribution is -0.152. The van der Waals surface area contributed by atoms with Crippen LogP contribution < -0.4 is 9.47 Å². The highest BCUT2D eigenvalue weighted by atomic mass is 16.5. The number of carbonyl (C=O) groups is 2. The Morgan fingerprint density at radius 1 is 0.475 bits per heavy atom. The van der Waals surface area contributed by atoms with Crippen LogP contribution in [0.2, 0.25) is 0 Å². The molecule has 5 rings (SSSR count). The van der Waals surface area contributed by atoms with E-state index in [1.807, 2.05) is 60.7 Å². The fourth-order valence-corrected chi connectivity index (χ4v) is 4.46. The third-order valence-corrected chi connectivity index (χ3v) is 6.56. The van der Waals surface area contributed by atoms with Crippen molar-refractivity contribution in [1.82, 2.24) is 0 Å². The largest absolute Gasteiger partial charge is 0.426 e. The molecule has 0 N–H and O–H groups in total. The Morgan fingerprint density at radius 2 is 0.800 bits per heavy atom. The van der Waals surface area contributed by atoms with Crippen LogP contribution in [0.3, 0.4) is 0 Å². The molecule has 0 heterocycles. The average Bonchev–Trinajstić information content (AvgIpc) is 3.01. The highest BCUT2D eigenvalue weighted by Gasteiger charge is 2.38. The van der Waals surface area contributed by atoms with E-state index in [1.54, 1.807) is 48.5 Å². The Hall–Kier alpha value is -4.98. The number of hydrogen-bond acceptors (Lipinski definition) is 8. The molecule has 4 aromatic carbocycles. The van der Waals surface area contributed by atoms with Crippen LogP contribution >= 0.6 is 0 Å². The van der Waals surface area contributed by atoms with Crippen LogP contribution in [0.4, 0.5) is 22.7 Å². The number of nitrogens with zero attached hydrogens (tertiary/aromatic N) is 4. The van der Waals surface area contributed by atoms with E-state index in [2.05, 4.69) is 20.5 Å². The van der Waals surface area contributed by atoms with Gasteiger partial charge in [0.1, 0.15) is 11.5 Å². The van der Waals surface area contributed by atoms with Crippen molar-refractivity contribution in [2.24, 2.45) is 32.3 Å². The molecule has 1 aliphatic carbocycles. The fourth-order valence-electron chi connectivity index (χ4n) is 4.46. The molecule has 0 aliphatic heterocycles. The molecule has 200 valence electrons. The standard InChI is InChI=1S/C32H28N4O4/c37-31(39-27-19-15-25(16-20-27)35-33-23-9-3-1-4-10-23)29-13-7-8-14-30(29)32(38)40-28-21-17-26(18-22-28)36-34-24-11-5-2-6-12-24/h1-6,9-12,15-22,29-30H,7-8,13-14H2/t29-,30-/m1/s1. The van der Waals surface area contributed by atoms with Crippen molar-refractivity contribution < 1.29 is 19.1 Å². The van der Waals surface area contributed by atoms with Crippen LogP contribution in [0.15, 0.2) is 130 Å². The van der Waals surface area contributed by atoms with Gasteiger partial charge in [-0.05, 0) is 85.6 Å². The maximum atomic E-state index is 13.1. The Bertz CT molecular complexity index is 1360. The summed E-state index contributed by atoms with van der Waals surface area (Å²) in [6, 6.07) is 32.4. The molecule has 1 aliphatic rings. The second-order valence-electron chi connectivity index (χ2n) is 9.40. The van der Waals surface area contributed by atoms with Gasteiger partial charge in [0, 0.05) is 0 Å². The number of benzene rings is 4. The lowest BCUT2D eigenvalue weighted by Crippen LogP contribution is -2.37. The summed E-state index contributed by atoms with van der Waals surface area (Å²) >= 11 is 0. The zero-order valence-corrected chi connectivity index (χ0v) is 21.8. The highest BCUT2D eigenvalue weighted by Crippen LogP contribution is 2.33. The highest BCUT2D eigenvalue weighted by molar-refractivity contribution is 5.84. The first-order valence-electron chi connectivity index (χ1n) is 13.2. The van der Waals surface area contributed by atoms with Gasteiger partial charge in [0.25, 0.3) is 0 Å². The summed E-state index contributed by atoms with van der Waals surface area (Å²) in [5.74, 6) is -1.23. The van der Waals surface area contributed by atoms with E-state index in [0.29, 0.717) is 35.7 Å². The molecule has 0 amide bonds. The minimum atomic E-state index is -0.572. The first-order valence-corrected chi connectivity index (χ1v) is 13.2. The summed E-state index contributed by atoms with van der Waals surface area (Å²) in [6.07, 6.45) is 2.84. The van der Waals surface area contributed by atoms with Gasteiger partial charge in [-0.1, -0.05) is 49.2 Å². The van der Waals surface area contributed by atoms with Crippen molar-refractivity contribution >= 4 is 34.7 Å². The normalized spacial score (nSPS) is 17.1. The molecule has 0 spiro atoms. The maximum Gasteiger partial charge on any atom is 0.315 e. The van der Waals surface area contributed by atoms with Crippen molar-refractivity contribution in [3.63, 3.8) is 0 Å². The lowest BCUT2D eigenvalue weighted by atomic mass is 9.79. The topological polar surface area (TPSA) is 102 Å². The number of azo groups is 2. The molecule has 0 saturated heterocycles. The molecule has 8 heteroatoms. The molecule has 0 bridgehead atoms. The number of esters is 2. The van der Waals surface area contributed by atoms with Crippen molar-refractivity contribution in [3.05, 3.63) is 109 Å². The van der Waals surface area contributed by atoms with Crippen molar-refractivity contribution in [3.8, 4) is 11.5 Å². The van der Waals surface area contributed by atoms with Crippen molar-refractivity contribution in [2.45, 2.75) is 25.7 Å². The van der Waals surface area contributed by atoms with E-state index in [-0.39, 0.29) is 0 Å². The van der Waals surface area contributed by atoms with E-state index >= 15 is 0 Å². The minimum absolute atomic E-state index is 0.390. The molecule has 1 saturated carbocycles. The lowest BCUT2D eigenvalue weighted by Gasteiger charge is -2.28. The molecule has 2 atom stereocenters. The van der Waals surface area contributed by atoms with Gasteiger partial charge in [-0.25, -0.2) is 0 Å². The molecule has 0 aromatic heterocycles. The summed E-state index contributed by atoms with van der Waals surface area (Å²) < 4.78 is 11.3. The van der Waals surface area contributed by atoms with E-state index in [9.17, 15) is 9.59 Å². The maximum absolute atomic E-state index is 13.1. The molecular formula is C32H28N4O4. The number of ether oxygens (including phenoxy) is 2. The van der Waals surface area contributed by atoms with Gasteiger partial charge < -0.3 is 9.47 Å². The van der Waals surface area contributed by atoms with Gasteiger partial charge in [-0.2, -0.15) is 20.5 Å². The second kappa shape index (κ2) is 13.2. The third-order valence-electron chi connectivity index (χ3n) is 6.56. The molecule has 0 unspecified atom stereocenters. The summed E-state index contributed by atoms with van der Waals surface area (Å²) in [6.45, 7) is 0. The van der Waals surface area contributed by atoms with Gasteiger partial charge >= 0.3 is 11.9 Å². The summed E-state index contributed by atoms with van der Waals surface area (Å²) in [4.78, 5) is 26.1. The van der Waals surface area contributed by atoms with Gasteiger partial charge in [0.2, 0.25) is 0 Å². The van der Waals surface area contributed by atoms with E-state index < -0.39 is 23.8 Å². The van der Waals surface area contributed by atoms with Crippen LogP contribution in [-0.4, -0.2) is 11.9 Å². The second-order valence-corrected chi connectivity index (χ2v) is 9.40. The first-order chi connectivity index (χ1) is 19.6. The van der Waals surface area contributed by atoms with Gasteiger partial charge in [-0.3, -0.25) is 9.59 Å². The predicted molar refractivity (Wildman–Crippen MR) is 151 cm³/mol. The molecular weight excluding hydrogens is 504 g/mol. The monoisotopic (exact) mass is 532 g/mol. The van der Waals surface area contributed by atoms with Gasteiger partial charge in [0.05, 0.1) is 34.6 Å². The van der Waals surface area contributed by atoms with Crippen LogP contribution in [0, 0.1) is 11.8 Å². The summed E-state index contributed by atoms with van der Waals surface area (Å²) in [5.41, 5.74) is 2.76. The Balaban J connectivity index is 1.17. The minimum Gasteiger partial charge on any atom is -0.426 e. The number of hydrogen-bond donors (Lipinski definition) is 0. The van der Waals surface area contributed by atoms with E-state index in [4.69, 9.17) is 9.47 Å². The summed E-state index contributed by atoms with van der Waals surface area (Å²) in [7, 11) is 0. The van der Waals surface area contributed by atoms with E-state index in [1.165, 1.54) is 0 Å². The average molecular weight is 533 g/mol. The van der Waals surface area contributed by atoms with Crippen LogP contribution in [0.25, 0.3) is 0 Å². The van der Waals surface area contributed by atoms with Crippen LogP contribution in [0.1, 0.15) is 25.7 Å². The molecule has 1 fully saturated rings. The Morgan fingerprint density at radius 3 is 1.15 bits per heavy atom.